The van der Waals surface area contributed by atoms with Gasteiger partial charge in [-0.15, -0.1) is 0 Å². The molecule has 106 valence electrons. The summed E-state index contributed by atoms with van der Waals surface area (Å²) in [5.74, 6) is 0.761. The van der Waals surface area contributed by atoms with Gasteiger partial charge >= 0.3 is 5.97 Å². The summed E-state index contributed by atoms with van der Waals surface area (Å²) in [6, 6.07) is 4.16. The SMILES string of the molecule is CC(c1ccc(Br)o1)N1CCCC(CCC(=O)O)C1. The first-order valence-corrected chi connectivity index (χ1v) is 7.56. The summed E-state index contributed by atoms with van der Waals surface area (Å²) in [6.45, 7) is 4.17. The van der Waals surface area contributed by atoms with Crippen LogP contribution in [0.25, 0.3) is 0 Å². The van der Waals surface area contributed by atoms with E-state index in [4.69, 9.17) is 9.52 Å². The van der Waals surface area contributed by atoms with Crippen molar-refractivity contribution in [3.05, 3.63) is 22.6 Å². The number of likely N-dealkylation sites (tertiary alicyclic amines) is 1. The Morgan fingerprint density at radius 2 is 2.42 bits per heavy atom. The van der Waals surface area contributed by atoms with Crippen LogP contribution in [0, 0.1) is 5.92 Å². The molecule has 19 heavy (non-hydrogen) atoms. The number of hydrogen-bond acceptors (Lipinski definition) is 3. The molecule has 1 aliphatic heterocycles. The summed E-state index contributed by atoms with van der Waals surface area (Å²) in [4.78, 5) is 13.0. The van der Waals surface area contributed by atoms with Gasteiger partial charge in [-0.05, 0) is 66.7 Å². The molecule has 1 saturated heterocycles. The molecule has 1 aromatic heterocycles. The van der Waals surface area contributed by atoms with Gasteiger partial charge in [0.05, 0.1) is 6.04 Å². The summed E-state index contributed by atoms with van der Waals surface area (Å²) in [6.07, 6.45) is 3.33. The standard InChI is InChI=1S/C14H20BrNO3/c1-10(12-5-6-13(15)19-12)16-8-2-3-11(9-16)4-7-14(17)18/h5-6,10-11H,2-4,7-9H2,1H3,(H,17,18). The normalized spacial score (nSPS) is 22.3. The second-order valence-corrected chi connectivity index (χ2v) is 6.04. The van der Waals surface area contributed by atoms with Gasteiger partial charge in [-0.1, -0.05) is 0 Å². The number of halogens is 1. The molecule has 1 N–H and O–H groups in total. The Labute approximate surface area is 121 Å². The molecule has 0 saturated carbocycles. The zero-order chi connectivity index (χ0) is 13.8. The van der Waals surface area contributed by atoms with Crippen molar-refractivity contribution in [2.75, 3.05) is 13.1 Å². The van der Waals surface area contributed by atoms with Crippen molar-refractivity contribution in [2.45, 2.75) is 38.6 Å². The molecule has 4 nitrogen and oxygen atoms in total. The maximum absolute atomic E-state index is 10.6. The highest BCUT2D eigenvalue weighted by molar-refractivity contribution is 9.10. The molecule has 0 aromatic carbocycles. The second-order valence-electron chi connectivity index (χ2n) is 5.25. The van der Waals surface area contributed by atoms with E-state index in [-0.39, 0.29) is 12.5 Å². The number of carbonyl (C=O) groups is 1. The Balaban J connectivity index is 1.91. The van der Waals surface area contributed by atoms with E-state index in [0.717, 1.165) is 42.8 Å². The second kappa shape index (κ2) is 6.57. The fourth-order valence-electron chi connectivity index (χ4n) is 2.75. The molecule has 1 aliphatic rings. The molecule has 1 fully saturated rings. The lowest BCUT2D eigenvalue weighted by Gasteiger charge is -2.35. The van der Waals surface area contributed by atoms with Gasteiger partial charge in [0, 0.05) is 13.0 Å². The molecule has 0 bridgehead atoms. The third-order valence-corrected chi connectivity index (χ3v) is 4.30. The number of hydrogen-bond donors (Lipinski definition) is 1. The maximum atomic E-state index is 10.6. The molecule has 2 heterocycles. The van der Waals surface area contributed by atoms with Crippen LogP contribution in [0.2, 0.25) is 0 Å². The first-order valence-electron chi connectivity index (χ1n) is 6.77. The minimum absolute atomic E-state index is 0.249. The van der Waals surface area contributed by atoms with Crippen LogP contribution < -0.4 is 0 Å². The topological polar surface area (TPSA) is 53.7 Å². The number of carboxylic acid groups (broad SMARTS) is 1. The first-order chi connectivity index (χ1) is 9.06. The van der Waals surface area contributed by atoms with Gasteiger partial charge in [0.1, 0.15) is 5.76 Å². The number of carboxylic acids is 1. The van der Waals surface area contributed by atoms with Crippen LogP contribution >= 0.6 is 15.9 Å². The van der Waals surface area contributed by atoms with Gasteiger partial charge in [0.15, 0.2) is 4.67 Å². The highest BCUT2D eigenvalue weighted by atomic mass is 79.9. The number of piperidine rings is 1. The van der Waals surface area contributed by atoms with Crippen molar-refractivity contribution in [1.82, 2.24) is 4.90 Å². The summed E-state index contributed by atoms with van der Waals surface area (Å²) in [5, 5.41) is 8.77. The molecule has 0 amide bonds. The van der Waals surface area contributed by atoms with Crippen LogP contribution in [0.3, 0.4) is 0 Å². The highest BCUT2D eigenvalue weighted by Gasteiger charge is 2.26. The molecule has 2 rings (SSSR count). The molecule has 2 unspecified atom stereocenters. The molecule has 2 atom stereocenters. The van der Waals surface area contributed by atoms with E-state index in [9.17, 15) is 4.79 Å². The lowest BCUT2D eigenvalue weighted by Crippen LogP contribution is -2.37. The van der Waals surface area contributed by atoms with Crippen LogP contribution in [-0.2, 0) is 4.79 Å². The molecular formula is C14H20BrNO3. The summed E-state index contributed by atoms with van der Waals surface area (Å²) < 4.78 is 6.37. The molecule has 1 aromatic rings. The monoisotopic (exact) mass is 329 g/mol. The fraction of sp³-hybridized carbons (Fsp3) is 0.643. The maximum Gasteiger partial charge on any atom is 0.303 e. The average molecular weight is 330 g/mol. The zero-order valence-corrected chi connectivity index (χ0v) is 12.7. The van der Waals surface area contributed by atoms with Crippen LogP contribution in [-0.4, -0.2) is 29.1 Å². The van der Waals surface area contributed by atoms with E-state index in [0.29, 0.717) is 5.92 Å². The quantitative estimate of drug-likeness (QED) is 0.895. The Bertz CT molecular complexity index is 432. The Kier molecular flexibility index (Phi) is 5.05. The third kappa shape index (κ3) is 4.08. The number of rotatable bonds is 5. The van der Waals surface area contributed by atoms with Crippen molar-refractivity contribution < 1.29 is 14.3 Å². The minimum atomic E-state index is -0.694. The van der Waals surface area contributed by atoms with Gasteiger partial charge in [-0.3, -0.25) is 9.69 Å². The van der Waals surface area contributed by atoms with Crippen LogP contribution in [0.4, 0.5) is 0 Å². The molecule has 0 radical (unpaired) electrons. The van der Waals surface area contributed by atoms with E-state index in [1.807, 2.05) is 12.1 Å². The van der Waals surface area contributed by atoms with Gasteiger partial charge in [-0.25, -0.2) is 0 Å². The Morgan fingerprint density at radius 1 is 1.63 bits per heavy atom. The molecule has 0 spiro atoms. The minimum Gasteiger partial charge on any atom is -0.481 e. The van der Waals surface area contributed by atoms with Crippen molar-refractivity contribution >= 4 is 21.9 Å². The molecule has 5 heteroatoms. The number of furan rings is 1. The van der Waals surface area contributed by atoms with Crippen molar-refractivity contribution in [2.24, 2.45) is 5.92 Å². The van der Waals surface area contributed by atoms with Crippen molar-refractivity contribution in [3.8, 4) is 0 Å². The number of aliphatic carboxylic acids is 1. The lowest BCUT2D eigenvalue weighted by molar-refractivity contribution is -0.137. The van der Waals surface area contributed by atoms with Crippen LogP contribution in [0.15, 0.2) is 21.2 Å². The number of nitrogens with zero attached hydrogens (tertiary/aromatic N) is 1. The Hall–Kier alpha value is -0.810. The molecule has 0 aliphatic carbocycles. The van der Waals surface area contributed by atoms with Gasteiger partial charge in [-0.2, -0.15) is 0 Å². The average Bonchev–Trinajstić information content (AvgIpc) is 2.82. The summed E-state index contributed by atoms with van der Waals surface area (Å²) in [5.41, 5.74) is 0. The largest absolute Gasteiger partial charge is 0.481 e. The lowest BCUT2D eigenvalue weighted by atomic mass is 9.92. The van der Waals surface area contributed by atoms with E-state index in [1.54, 1.807) is 0 Å². The van der Waals surface area contributed by atoms with Crippen molar-refractivity contribution in [3.63, 3.8) is 0 Å². The summed E-state index contributed by atoms with van der Waals surface area (Å²) in [7, 11) is 0. The highest BCUT2D eigenvalue weighted by Crippen LogP contribution is 2.30. The predicted octanol–water partition coefficient (Wildman–Crippen LogP) is 3.68. The van der Waals surface area contributed by atoms with Gasteiger partial charge in [0.2, 0.25) is 0 Å². The van der Waals surface area contributed by atoms with Crippen LogP contribution in [0.1, 0.15) is 44.4 Å². The van der Waals surface area contributed by atoms with Crippen LogP contribution in [0.5, 0.6) is 0 Å². The van der Waals surface area contributed by atoms with E-state index in [2.05, 4.69) is 27.8 Å². The molecular weight excluding hydrogens is 310 g/mol. The van der Waals surface area contributed by atoms with E-state index >= 15 is 0 Å². The summed E-state index contributed by atoms with van der Waals surface area (Å²) >= 11 is 3.33. The van der Waals surface area contributed by atoms with Crippen molar-refractivity contribution in [1.29, 1.82) is 0 Å². The predicted molar refractivity (Wildman–Crippen MR) is 76.0 cm³/mol. The Morgan fingerprint density at radius 3 is 3.05 bits per heavy atom. The third-order valence-electron chi connectivity index (χ3n) is 3.87. The van der Waals surface area contributed by atoms with E-state index < -0.39 is 5.97 Å². The van der Waals surface area contributed by atoms with Gasteiger partial charge < -0.3 is 9.52 Å². The fourth-order valence-corrected chi connectivity index (χ4v) is 3.06. The zero-order valence-electron chi connectivity index (χ0n) is 11.1. The van der Waals surface area contributed by atoms with Gasteiger partial charge in [0.25, 0.3) is 0 Å². The smallest absolute Gasteiger partial charge is 0.303 e. The van der Waals surface area contributed by atoms with E-state index in [1.165, 1.54) is 0 Å². The first kappa shape index (κ1) is 14.6.